The Bertz CT molecular complexity index is 650. The zero-order chi connectivity index (χ0) is 26.7. The van der Waals surface area contributed by atoms with Gasteiger partial charge in [0, 0.05) is 12.8 Å². The van der Waals surface area contributed by atoms with E-state index >= 15 is 0 Å². The van der Waals surface area contributed by atoms with Gasteiger partial charge in [0.05, 0.1) is 112 Å². The van der Waals surface area contributed by atoms with E-state index in [0.717, 1.165) is 5.56 Å². The van der Waals surface area contributed by atoms with Crippen LogP contribution < -0.4 is 0 Å². The molecule has 0 bridgehead atoms. The third-order valence-electron chi connectivity index (χ3n) is 4.76. The molecule has 0 aromatic heterocycles. The van der Waals surface area contributed by atoms with Crippen LogP contribution >= 0.6 is 7.37 Å². The molecule has 0 fully saturated rings. The van der Waals surface area contributed by atoms with Crippen molar-refractivity contribution in [3.8, 4) is 0 Å². The van der Waals surface area contributed by atoms with Crippen LogP contribution in [0.5, 0.6) is 0 Å². The molecule has 37 heavy (non-hydrogen) atoms. The lowest BCUT2D eigenvalue weighted by molar-refractivity contribution is -0.0233. The monoisotopic (exact) mass is 550 g/mol. The molecule has 0 spiro atoms. The second-order valence-corrected chi connectivity index (χ2v) is 10.7. The van der Waals surface area contributed by atoms with E-state index in [1.807, 2.05) is 37.3 Å². The van der Waals surface area contributed by atoms with Gasteiger partial charge in [-0.25, -0.2) is 0 Å². The molecule has 0 N–H and O–H groups in total. The Kier molecular flexibility index (Phi) is 23.4. The minimum atomic E-state index is -2.52. The maximum absolute atomic E-state index is 11.9. The van der Waals surface area contributed by atoms with E-state index in [1.165, 1.54) is 0 Å². The summed E-state index contributed by atoms with van der Waals surface area (Å²) in [6.45, 7) is 12.1. The lowest BCUT2D eigenvalue weighted by atomic mass is 10.2. The van der Waals surface area contributed by atoms with Crippen LogP contribution in [-0.2, 0) is 53.6 Å². The highest BCUT2D eigenvalue weighted by Gasteiger charge is 2.14. The molecule has 1 rings (SSSR count). The molecule has 0 radical (unpaired) electrons. The number of hydrogen-bond donors (Lipinski definition) is 0. The first-order valence-corrected chi connectivity index (χ1v) is 15.3. The molecule has 0 saturated carbocycles. The summed E-state index contributed by atoms with van der Waals surface area (Å²) >= 11 is 0. The van der Waals surface area contributed by atoms with Crippen molar-refractivity contribution in [3.63, 3.8) is 0 Å². The van der Waals surface area contributed by atoms with Crippen LogP contribution in [-0.4, -0.2) is 119 Å². The zero-order valence-electron chi connectivity index (χ0n) is 22.6. The predicted octanol–water partition coefficient (Wildman–Crippen LogP) is 3.26. The Balaban J connectivity index is 1.67. The summed E-state index contributed by atoms with van der Waals surface area (Å²) in [7, 11) is -2.52. The molecule has 10 nitrogen and oxygen atoms in total. The SMILES string of the molecule is CCOP(C)(=O)CCOCCOCCOCCOCCOCCOCCOCCOCc1ccccc1. The summed E-state index contributed by atoms with van der Waals surface area (Å²) < 4.78 is 60.7. The van der Waals surface area contributed by atoms with Gasteiger partial charge in [0.1, 0.15) is 0 Å². The number of rotatable bonds is 28. The van der Waals surface area contributed by atoms with Gasteiger partial charge in [-0.1, -0.05) is 30.3 Å². The Hall–Kier alpha value is -0.910. The van der Waals surface area contributed by atoms with Crippen molar-refractivity contribution < 1.29 is 47.0 Å². The number of ether oxygens (including phenoxy) is 8. The predicted molar refractivity (Wildman–Crippen MR) is 142 cm³/mol. The van der Waals surface area contributed by atoms with E-state index in [9.17, 15) is 4.57 Å². The average Bonchev–Trinajstić information content (AvgIpc) is 2.89. The molecule has 0 heterocycles. The second-order valence-electron chi connectivity index (χ2n) is 7.98. The largest absolute Gasteiger partial charge is 0.378 e. The number of hydrogen-bond acceptors (Lipinski definition) is 10. The maximum Gasteiger partial charge on any atom is 0.202 e. The summed E-state index contributed by atoms with van der Waals surface area (Å²) in [5, 5.41) is 0. The summed E-state index contributed by atoms with van der Waals surface area (Å²) in [6.07, 6.45) is 0.422. The second kappa shape index (κ2) is 25.4. The van der Waals surface area contributed by atoms with Crippen molar-refractivity contribution in [1.29, 1.82) is 0 Å². The summed E-state index contributed by atoms with van der Waals surface area (Å²) in [5.41, 5.74) is 1.16. The highest BCUT2D eigenvalue weighted by molar-refractivity contribution is 7.58. The van der Waals surface area contributed by atoms with E-state index in [0.29, 0.717) is 118 Å². The van der Waals surface area contributed by atoms with Crippen LogP contribution in [0.4, 0.5) is 0 Å². The van der Waals surface area contributed by atoms with Crippen LogP contribution in [0.3, 0.4) is 0 Å². The summed E-state index contributed by atoms with van der Waals surface area (Å²) in [5.74, 6) is 0. The van der Waals surface area contributed by atoms with E-state index in [4.69, 9.17) is 42.4 Å². The van der Waals surface area contributed by atoms with Crippen LogP contribution in [0, 0.1) is 0 Å². The first-order chi connectivity index (χ1) is 18.1. The van der Waals surface area contributed by atoms with Gasteiger partial charge in [0.15, 0.2) is 0 Å². The zero-order valence-corrected chi connectivity index (χ0v) is 23.5. The molecule has 11 heteroatoms. The fourth-order valence-corrected chi connectivity index (χ4v) is 4.01. The maximum atomic E-state index is 11.9. The van der Waals surface area contributed by atoms with Crippen molar-refractivity contribution >= 4 is 7.37 Å². The Morgan fingerprint density at radius 2 is 0.892 bits per heavy atom. The smallest absolute Gasteiger partial charge is 0.202 e. The van der Waals surface area contributed by atoms with E-state index in [-0.39, 0.29) is 0 Å². The topological polar surface area (TPSA) is 100 Å². The third-order valence-corrected chi connectivity index (χ3v) is 6.56. The molecule has 1 unspecified atom stereocenters. The lowest BCUT2D eigenvalue weighted by Crippen LogP contribution is -2.15. The molecule has 216 valence electrons. The van der Waals surface area contributed by atoms with E-state index in [2.05, 4.69) is 0 Å². The van der Waals surface area contributed by atoms with E-state index < -0.39 is 7.37 Å². The minimum absolute atomic E-state index is 0.406. The van der Waals surface area contributed by atoms with Crippen LogP contribution in [0.1, 0.15) is 12.5 Å². The van der Waals surface area contributed by atoms with Crippen LogP contribution in [0.15, 0.2) is 30.3 Å². The molecule has 0 saturated heterocycles. The van der Waals surface area contributed by atoms with Crippen molar-refractivity contribution in [2.75, 3.05) is 119 Å². The highest BCUT2D eigenvalue weighted by atomic mass is 31.2. The number of benzene rings is 1. The molecule has 0 aliphatic heterocycles. The normalized spacial score (nSPS) is 13.1. The molecule has 1 atom stereocenters. The first-order valence-electron chi connectivity index (χ1n) is 13.0. The Morgan fingerprint density at radius 3 is 1.27 bits per heavy atom. The van der Waals surface area contributed by atoms with Crippen LogP contribution in [0.2, 0.25) is 0 Å². The molecule has 1 aromatic carbocycles. The van der Waals surface area contributed by atoms with Gasteiger partial charge in [0.25, 0.3) is 0 Å². The van der Waals surface area contributed by atoms with Crippen LogP contribution in [0.25, 0.3) is 0 Å². The van der Waals surface area contributed by atoms with Crippen molar-refractivity contribution in [1.82, 2.24) is 0 Å². The molecule has 1 aromatic rings. The fourth-order valence-electron chi connectivity index (χ4n) is 2.87. The van der Waals surface area contributed by atoms with Gasteiger partial charge >= 0.3 is 0 Å². The summed E-state index contributed by atoms with van der Waals surface area (Å²) in [4.78, 5) is 0. The van der Waals surface area contributed by atoms with Gasteiger partial charge in [-0.15, -0.1) is 0 Å². The first kappa shape index (κ1) is 34.1. The van der Waals surface area contributed by atoms with Crippen molar-refractivity contribution in [3.05, 3.63) is 35.9 Å². The van der Waals surface area contributed by atoms with E-state index in [1.54, 1.807) is 6.66 Å². The fraction of sp³-hybridized carbons (Fsp3) is 0.769. The highest BCUT2D eigenvalue weighted by Crippen LogP contribution is 2.41. The third kappa shape index (κ3) is 23.9. The molecule has 0 aliphatic rings. The lowest BCUT2D eigenvalue weighted by Gasteiger charge is -2.12. The standard InChI is InChI=1S/C26H47O10P/c1-3-36-37(2,27)24-23-34-20-19-32-16-15-30-12-11-28-9-10-29-13-14-31-17-18-33-21-22-35-25-26-7-5-4-6-8-26/h4-8H,3,9-25H2,1-2H3. The molecule has 0 aliphatic carbocycles. The van der Waals surface area contributed by atoms with Gasteiger partial charge in [-0.2, -0.15) is 0 Å². The summed E-state index contributed by atoms with van der Waals surface area (Å²) in [6, 6.07) is 10.1. The molecular weight excluding hydrogens is 503 g/mol. The average molecular weight is 551 g/mol. The minimum Gasteiger partial charge on any atom is -0.378 e. The molecular formula is C26H47O10P. The van der Waals surface area contributed by atoms with Gasteiger partial charge in [-0.05, 0) is 12.5 Å². The van der Waals surface area contributed by atoms with Crippen molar-refractivity contribution in [2.45, 2.75) is 13.5 Å². The van der Waals surface area contributed by atoms with Gasteiger partial charge in [-0.3, -0.25) is 4.57 Å². The quantitative estimate of drug-likeness (QED) is 0.114. The Morgan fingerprint density at radius 1 is 0.541 bits per heavy atom. The van der Waals surface area contributed by atoms with Crippen molar-refractivity contribution in [2.24, 2.45) is 0 Å². The molecule has 0 amide bonds. The Labute approximate surface area is 222 Å². The van der Waals surface area contributed by atoms with Gasteiger partial charge in [0.2, 0.25) is 7.37 Å². The van der Waals surface area contributed by atoms with Gasteiger partial charge < -0.3 is 42.4 Å².